The second kappa shape index (κ2) is 7.50. The van der Waals surface area contributed by atoms with Crippen molar-refractivity contribution in [3.05, 3.63) is 41.5 Å². The van der Waals surface area contributed by atoms with Gasteiger partial charge in [-0.3, -0.25) is 4.79 Å². The summed E-state index contributed by atoms with van der Waals surface area (Å²) < 4.78 is 69.4. The van der Waals surface area contributed by atoms with E-state index >= 15 is 0 Å². The fourth-order valence-corrected chi connectivity index (χ4v) is 3.62. The third-order valence-electron chi connectivity index (χ3n) is 5.01. The molecule has 1 saturated heterocycles. The maximum absolute atomic E-state index is 12.5. The number of fused-ring (bicyclic) bond motifs is 1. The van der Waals surface area contributed by atoms with Crippen LogP contribution in [0.25, 0.3) is 0 Å². The van der Waals surface area contributed by atoms with Gasteiger partial charge in [-0.2, -0.15) is 0 Å². The Kier molecular flexibility index (Phi) is 3.32. The zero-order chi connectivity index (χ0) is 24.7. The van der Waals surface area contributed by atoms with E-state index in [-0.39, 0.29) is 25.7 Å². The molecule has 0 amide bonds. The van der Waals surface area contributed by atoms with Gasteiger partial charge in [0.1, 0.15) is 0 Å². The van der Waals surface area contributed by atoms with Crippen LogP contribution in [0.3, 0.4) is 0 Å². The van der Waals surface area contributed by atoms with Crippen LogP contribution in [0, 0.1) is 11.8 Å². The summed E-state index contributed by atoms with van der Waals surface area (Å²) in [7, 11) is -5.87. The Bertz CT molecular complexity index is 1080. The minimum Gasteiger partial charge on any atom is -0.504 e. The summed E-state index contributed by atoms with van der Waals surface area (Å²) in [5.74, 6) is -1.63. The van der Waals surface area contributed by atoms with E-state index in [1.165, 1.54) is 12.1 Å². The number of benzene rings is 2. The molecule has 1 N–H and O–H groups in total. The molecule has 148 valence electrons. The summed E-state index contributed by atoms with van der Waals surface area (Å²) in [6.07, 6.45) is 0.616. The van der Waals surface area contributed by atoms with E-state index in [4.69, 9.17) is 31.9 Å². The van der Waals surface area contributed by atoms with Crippen molar-refractivity contribution >= 4 is 5.97 Å². The Morgan fingerprint density at radius 1 is 1.07 bits per heavy atom. The molecular weight excluding hydrogens is 364 g/mol. The number of cyclic esters (lactones) is 1. The van der Waals surface area contributed by atoms with E-state index in [0.29, 0.717) is 23.5 Å². The van der Waals surface area contributed by atoms with Crippen molar-refractivity contribution in [2.75, 3.05) is 27.5 Å². The van der Waals surface area contributed by atoms with Gasteiger partial charge in [0.15, 0.2) is 23.0 Å². The molecular formula is C21H22O7. The van der Waals surface area contributed by atoms with Crippen LogP contribution < -0.4 is 18.9 Å². The number of ether oxygens (including phenoxy) is 5. The summed E-state index contributed by atoms with van der Waals surface area (Å²) in [6.45, 7) is 0.348. The lowest BCUT2D eigenvalue weighted by molar-refractivity contribution is -0.141. The molecule has 2 aromatic rings. The molecule has 0 bridgehead atoms. The number of phenolic OH excluding ortho intramolecular Hbond substituents is 1. The van der Waals surface area contributed by atoms with E-state index < -0.39 is 43.2 Å². The summed E-state index contributed by atoms with van der Waals surface area (Å²) >= 11 is 0. The second-order valence-corrected chi connectivity index (χ2v) is 6.74. The van der Waals surface area contributed by atoms with Gasteiger partial charge in [0.25, 0.3) is 0 Å². The maximum Gasteiger partial charge on any atom is 0.309 e. The molecule has 0 radical (unpaired) electrons. The molecule has 1 fully saturated rings. The maximum atomic E-state index is 12.5. The van der Waals surface area contributed by atoms with Crippen molar-refractivity contribution in [1.29, 1.82) is 0 Å². The molecule has 2 heterocycles. The lowest BCUT2D eigenvalue weighted by atomic mass is 9.85. The number of carbonyl (C=O) groups excluding carboxylic acids is 1. The van der Waals surface area contributed by atoms with Gasteiger partial charge in [-0.25, -0.2) is 0 Å². The first-order valence-electron chi connectivity index (χ1n) is 11.7. The predicted octanol–water partition coefficient (Wildman–Crippen LogP) is 2.71. The van der Waals surface area contributed by atoms with Gasteiger partial charge in [-0.05, 0) is 48.2 Å². The first-order valence-corrected chi connectivity index (χ1v) is 8.67. The van der Waals surface area contributed by atoms with Crippen LogP contribution in [0.1, 0.15) is 19.4 Å². The fraction of sp³-hybridized carbons (Fsp3) is 0.381. The number of carbonyl (C=O) groups is 1. The molecule has 0 aromatic heterocycles. The van der Waals surface area contributed by atoms with Crippen molar-refractivity contribution < 1.29 is 41.8 Å². The fourth-order valence-electron chi connectivity index (χ4n) is 3.62. The molecule has 0 aliphatic carbocycles. The highest BCUT2D eigenvalue weighted by Crippen LogP contribution is 2.40. The largest absolute Gasteiger partial charge is 0.504 e. The van der Waals surface area contributed by atoms with Gasteiger partial charge >= 0.3 is 5.97 Å². The average molecular weight is 392 g/mol. The zero-order valence-corrected chi connectivity index (χ0v) is 14.8. The van der Waals surface area contributed by atoms with E-state index in [1.807, 2.05) is 12.1 Å². The highest BCUT2D eigenvalue weighted by Gasteiger charge is 2.37. The van der Waals surface area contributed by atoms with Gasteiger partial charge in [0, 0.05) is 5.92 Å². The number of methoxy groups -OCH3 is 2. The van der Waals surface area contributed by atoms with Crippen LogP contribution in [-0.2, 0) is 22.4 Å². The molecule has 0 saturated carbocycles. The smallest absolute Gasteiger partial charge is 0.309 e. The molecule has 2 atom stereocenters. The number of esters is 1. The number of hydrogen-bond donors (Lipinski definition) is 1. The Labute approximate surface area is 171 Å². The SMILES string of the molecule is [2H]C([2H])([2H])Oc1cc(C[C@H]2C(=O)OC[C@@H]2Cc2ccc3c(c2)OCO3)cc(O)c1OC([2H])([2H])[2H]. The van der Waals surface area contributed by atoms with Crippen LogP contribution in [-0.4, -0.2) is 38.6 Å². The van der Waals surface area contributed by atoms with Crippen molar-refractivity contribution in [3.63, 3.8) is 0 Å². The Morgan fingerprint density at radius 3 is 2.79 bits per heavy atom. The molecule has 4 rings (SSSR count). The summed E-state index contributed by atoms with van der Waals surface area (Å²) in [4.78, 5) is 12.5. The molecule has 2 aromatic carbocycles. The van der Waals surface area contributed by atoms with Gasteiger partial charge in [-0.1, -0.05) is 6.07 Å². The minimum atomic E-state index is -2.95. The quantitative estimate of drug-likeness (QED) is 0.757. The summed E-state index contributed by atoms with van der Waals surface area (Å²) in [5.41, 5.74) is 1.28. The van der Waals surface area contributed by atoms with E-state index in [9.17, 15) is 9.90 Å². The van der Waals surface area contributed by atoms with Crippen LogP contribution in [0.4, 0.5) is 0 Å². The van der Waals surface area contributed by atoms with E-state index in [2.05, 4.69) is 0 Å². The highest BCUT2D eigenvalue weighted by molar-refractivity contribution is 5.75. The monoisotopic (exact) mass is 392 g/mol. The molecule has 7 nitrogen and oxygen atoms in total. The molecule has 28 heavy (non-hydrogen) atoms. The van der Waals surface area contributed by atoms with Crippen LogP contribution in [0.5, 0.6) is 28.7 Å². The lowest BCUT2D eigenvalue weighted by Gasteiger charge is -2.17. The standard InChI is InChI=1S/C21H22O7/c1-24-19-9-13(7-16(22)20(19)25-2)6-15-14(10-26-21(15)23)5-12-3-4-17-18(8-12)28-11-27-17/h3-4,7-9,14-15,22H,5-6,10-11H2,1-2H3/t14-,15+/m0/s1/i1D3,2D3. The second-order valence-electron chi connectivity index (χ2n) is 6.74. The minimum absolute atomic E-state index is 0.104. The topological polar surface area (TPSA) is 83.5 Å². The average Bonchev–Trinajstić information content (AvgIpc) is 3.30. The normalized spacial score (nSPS) is 24.2. The number of rotatable bonds is 6. The summed E-state index contributed by atoms with van der Waals surface area (Å²) in [6, 6.07) is 7.98. The van der Waals surface area contributed by atoms with Gasteiger partial charge in [0.2, 0.25) is 12.5 Å². The first-order chi connectivity index (χ1) is 15.9. The van der Waals surface area contributed by atoms with Gasteiger partial charge < -0.3 is 28.8 Å². The van der Waals surface area contributed by atoms with Crippen LogP contribution in [0.2, 0.25) is 0 Å². The number of hydrogen-bond acceptors (Lipinski definition) is 7. The highest BCUT2D eigenvalue weighted by atomic mass is 16.7. The molecule has 7 heteroatoms. The van der Waals surface area contributed by atoms with E-state index in [1.54, 1.807) is 6.07 Å². The van der Waals surface area contributed by atoms with E-state index in [0.717, 1.165) is 5.56 Å². The number of aromatic hydroxyl groups is 1. The molecule has 0 unspecified atom stereocenters. The van der Waals surface area contributed by atoms with Gasteiger partial charge in [0.05, 0.1) is 34.8 Å². The Hall–Kier alpha value is -3.09. The van der Waals surface area contributed by atoms with Crippen LogP contribution >= 0.6 is 0 Å². The molecule has 0 spiro atoms. The lowest BCUT2D eigenvalue weighted by Crippen LogP contribution is -2.20. The predicted molar refractivity (Wildman–Crippen MR) is 99.1 cm³/mol. The van der Waals surface area contributed by atoms with Crippen LogP contribution in [0.15, 0.2) is 30.3 Å². The summed E-state index contributed by atoms with van der Waals surface area (Å²) in [5, 5.41) is 10.4. The zero-order valence-electron chi connectivity index (χ0n) is 20.8. The van der Waals surface area contributed by atoms with Crippen molar-refractivity contribution in [3.8, 4) is 28.7 Å². The third kappa shape index (κ3) is 3.40. The van der Waals surface area contributed by atoms with Crippen molar-refractivity contribution in [1.82, 2.24) is 0 Å². The molecule has 2 aliphatic rings. The third-order valence-corrected chi connectivity index (χ3v) is 5.01. The van der Waals surface area contributed by atoms with Crippen molar-refractivity contribution in [2.45, 2.75) is 12.8 Å². The Balaban J connectivity index is 1.57. The van der Waals surface area contributed by atoms with Gasteiger partial charge in [-0.15, -0.1) is 0 Å². The van der Waals surface area contributed by atoms with Crippen molar-refractivity contribution in [2.24, 2.45) is 11.8 Å². The first kappa shape index (κ1) is 12.4. The molecule has 2 aliphatic heterocycles. The number of phenols is 1. The Morgan fingerprint density at radius 2 is 1.93 bits per heavy atom.